The molecule has 1 aromatic carbocycles. The number of fused-ring (bicyclic) bond motifs is 1. The van der Waals surface area contributed by atoms with Crippen molar-refractivity contribution in [3.8, 4) is 0 Å². The molecule has 0 saturated carbocycles. The molecule has 4 rings (SSSR count). The number of hydrogen-bond acceptors (Lipinski definition) is 4. The minimum Gasteiger partial charge on any atom is -0.421 e. The number of benzene rings is 1. The highest BCUT2D eigenvalue weighted by molar-refractivity contribution is 5.78. The first-order chi connectivity index (χ1) is 11.2. The Balaban J connectivity index is 1.65. The van der Waals surface area contributed by atoms with Crippen LogP contribution in [0.5, 0.6) is 0 Å². The van der Waals surface area contributed by atoms with Crippen LogP contribution in [0.2, 0.25) is 0 Å². The van der Waals surface area contributed by atoms with Gasteiger partial charge in [0, 0.05) is 22.6 Å². The van der Waals surface area contributed by atoms with Crippen molar-refractivity contribution in [2.24, 2.45) is 5.92 Å². The number of hydrogen-bond donors (Lipinski definition) is 1. The molecule has 5 nitrogen and oxygen atoms in total. The van der Waals surface area contributed by atoms with E-state index < -0.39 is 0 Å². The molecule has 0 fully saturated rings. The maximum Gasteiger partial charge on any atom is 0.252 e. The van der Waals surface area contributed by atoms with Gasteiger partial charge in [-0.25, -0.2) is 0 Å². The first-order valence-corrected chi connectivity index (χ1v) is 7.53. The quantitative estimate of drug-likeness (QED) is 0.807. The zero-order chi connectivity index (χ0) is 15.8. The molecule has 0 bridgehead atoms. The summed E-state index contributed by atoms with van der Waals surface area (Å²) in [5.74, 6) is 1.24. The molecule has 0 saturated heterocycles. The van der Waals surface area contributed by atoms with Crippen LogP contribution in [0.25, 0.3) is 16.5 Å². The van der Waals surface area contributed by atoms with Gasteiger partial charge in [0.25, 0.3) is 5.56 Å². The van der Waals surface area contributed by atoms with Crippen molar-refractivity contribution in [3.05, 3.63) is 76.3 Å². The summed E-state index contributed by atoms with van der Waals surface area (Å²) in [5.41, 5.74) is 2.32. The fourth-order valence-electron chi connectivity index (χ4n) is 2.78. The third-order valence-corrected chi connectivity index (χ3v) is 4.05. The maximum atomic E-state index is 12.2. The Kier molecular flexibility index (Phi) is 3.19. The number of allylic oxidation sites excluding steroid dienone is 4. The lowest BCUT2D eigenvalue weighted by molar-refractivity contribution is 0.489. The van der Waals surface area contributed by atoms with E-state index in [-0.39, 0.29) is 11.5 Å². The summed E-state index contributed by atoms with van der Waals surface area (Å²) < 4.78 is 5.73. The SMILES string of the molecule is CC1C=CC=C1c1nnc(Cc2cc3ccccc3[nH]c2=O)o1. The predicted molar refractivity (Wildman–Crippen MR) is 88.0 cm³/mol. The molecule has 0 spiro atoms. The van der Waals surface area contributed by atoms with Gasteiger partial charge in [-0.2, -0.15) is 0 Å². The van der Waals surface area contributed by atoms with Gasteiger partial charge in [-0.05, 0) is 17.5 Å². The Morgan fingerprint density at radius 3 is 2.96 bits per heavy atom. The lowest BCUT2D eigenvalue weighted by Gasteiger charge is -2.02. The van der Waals surface area contributed by atoms with E-state index >= 15 is 0 Å². The van der Waals surface area contributed by atoms with Gasteiger partial charge in [-0.1, -0.05) is 43.4 Å². The highest BCUT2D eigenvalue weighted by atomic mass is 16.4. The van der Waals surface area contributed by atoms with Crippen molar-refractivity contribution in [2.75, 3.05) is 0 Å². The van der Waals surface area contributed by atoms with Crippen LogP contribution in [0, 0.1) is 5.92 Å². The molecule has 114 valence electrons. The summed E-state index contributed by atoms with van der Waals surface area (Å²) in [6.07, 6.45) is 6.36. The van der Waals surface area contributed by atoms with Gasteiger partial charge in [0.1, 0.15) is 0 Å². The first-order valence-electron chi connectivity index (χ1n) is 7.53. The van der Waals surface area contributed by atoms with E-state index in [1.807, 2.05) is 42.5 Å². The average Bonchev–Trinajstić information content (AvgIpc) is 3.16. The summed E-state index contributed by atoms with van der Waals surface area (Å²) in [7, 11) is 0. The van der Waals surface area contributed by atoms with Gasteiger partial charge in [0.05, 0.1) is 6.42 Å². The number of nitrogens with one attached hydrogen (secondary N) is 1. The topological polar surface area (TPSA) is 71.8 Å². The van der Waals surface area contributed by atoms with Crippen LogP contribution >= 0.6 is 0 Å². The van der Waals surface area contributed by atoms with Crippen molar-refractivity contribution in [3.63, 3.8) is 0 Å². The van der Waals surface area contributed by atoms with Gasteiger partial charge in [0.15, 0.2) is 0 Å². The summed E-state index contributed by atoms with van der Waals surface area (Å²) >= 11 is 0. The van der Waals surface area contributed by atoms with E-state index in [9.17, 15) is 4.79 Å². The Hall–Kier alpha value is -2.95. The number of aromatic amines is 1. The molecule has 1 aliphatic carbocycles. The minimum atomic E-state index is -0.126. The lowest BCUT2D eigenvalue weighted by Crippen LogP contribution is -2.12. The van der Waals surface area contributed by atoms with Crippen molar-refractivity contribution in [2.45, 2.75) is 13.3 Å². The van der Waals surface area contributed by atoms with Crippen LogP contribution in [-0.4, -0.2) is 15.2 Å². The van der Waals surface area contributed by atoms with Crippen molar-refractivity contribution in [1.82, 2.24) is 15.2 Å². The van der Waals surface area contributed by atoms with E-state index in [1.54, 1.807) is 0 Å². The lowest BCUT2D eigenvalue weighted by atomic mass is 10.1. The van der Waals surface area contributed by atoms with E-state index in [1.165, 1.54) is 0 Å². The van der Waals surface area contributed by atoms with E-state index in [2.05, 4.69) is 28.2 Å². The zero-order valence-corrected chi connectivity index (χ0v) is 12.6. The molecule has 3 aromatic rings. The molecule has 2 heterocycles. The largest absolute Gasteiger partial charge is 0.421 e. The Morgan fingerprint density at radius 1 is 1.26 bits per heavy atom. The first kappa shape index (κ1) is 13.7. The normalized spacial score (nSPS) is 16.9. The van der Waals surface area contributed by atoms with Crippen molar-refractivity contribution >= 4 is 16.5 Å². The average molecular weight is 305 g/mol. The van der Waals surface area contributed by atoms with Crippen LogP contribution in [0.4, 0.5) is 0 Å². The van der Waals surface area contributed by atoms with Crippen LogP contribution in [-0.2, 0) is 6.42 Å². The molecule has 0 amide bonds. The second-order valence-corrected chi connectivity index (χ2v) is 5.68. The monoisotopic (exact) mass is 305 g/mol. The van der Waals surface area contributed by atoms with Crippen LogP contribution in [0.1, 0.15) is 24.3 Å². The summed E-state index contributed by atoms with van der Waals surface area (Å²) in [5, 5.41) is 9.16. The molecular weight excluding hydrogens is 290 g/mol. The van der Waals surface area contributed by atoms with Crippen LogP contribution < -0.4 is 5.56 Å². The van der Waals surface area contributed by atoms with Gasteiger partial charge < -0.3 is 9.40 Å². The summed E-state index contributed by atoms with van der Waals surface area (Å²) in [6, 6.07) is 9.55. The van der Waals surface area contributed by atoms with Crippen molar-refractivity contribution in [1.29, 1.82) is 0 Å². The molecule has 0 radical (unpaired) electrons. The Labute approximate surface area is 132 Å². The molecule has 1 N–H and O–H groups in total. The number of nitrogens with zero attached hydrogens (tertiary/aromatic N) is 2. The molecule has 0 aliphatic heterocycles. The molecule has 1 unspecified atom stereocenters. The molecule has 1 atom stereocenters. The fourth-order valence-corrected chi connectivity index (χ4v) is 2.78. The second-order valence-electron chi connectivity index (χ2n) is 5.68. The number of aromatic nitrogens is 3. The maximum absolute atomic E-state index is 12.2. The molecule has 5 heteroatoms. The number of H-pyrrole nitrogens is 1. The summed E-state index contributed by atoms with van der Waals surface area (Å²) in [6.45, 7) is 2.08. The highest BCUT2D eigenvalue weighted by Gasteiger charge is 2.18. The van der Waals surface area contributed by atoms with Gasteiger partial charge in [-0.3, -0.25) is 4.79 Å². The number of rotatable bonds is 3. The highest BCUT2D eigenvalue weighted by Crippen LogP contribution is 2.27. The van der Waals surface area contributed by atoms with Crippen LogP contribution in [0.3, 0.4) is 0 Å². The molecular formula is C18H15N3O2. The minimum absolute atomic E-state index is 0.126. The summed E-state index contributed by atoms with van der Waals surface area (Å²) in [4.78, 5) is 15.1. The third kappa shape index (κ3) is 2.50. The van der Waals surface area contributed by atoms with Crippen LogP contribution in [0.15, 0.2) is 57.8 Å². The predicted octanol–water partition coefficient (Wildman–Crippen LogP) is 3.09. The van der Waals surface area contributed by atoms with E-state index in [0.29, 0.717) is 23.8 Å². The van der Waals surface area contributed by atoms with Gasteiger partial charge in [-0.15, -0.1) is 10.2 Å². The molecule has 1 aliphatic rings. The van der Waals surface area contributed by atoms with E-state index in [0.717, 1.165) is 16.5 Å². The van der Waals surface area contributed by atoms with E-state index in [4.69, 9.17) is 4.42 Å². The van der Waals surface area contributed by atoms with Gasteiger partial charge in [0.2, 0.25) is 11.8 Å². The standard InChI is InChI=1S/C18H15N3O2/c1-11-5-4-7-14(11)18-21-20-16(23-18)10-13-9-12-6-2-3-8-15(12)19-17(13)22/h2-9,11H,10H2,1H3,(H,19,22). The molecule has 2 aromatic heterocycles. The Bertz CT molecular complexity index is 995. The second kappa shape index (κ2) is 5.35. The van der Waals surface area contributed by atoms with Gasteiger partial charge >= 0.3 is 0 Å². The van der Waals surface area contributed by atoms with Crippen molar-refractivity contribution < 1.29 is 4.42 Å². The number of pyridine rings is 1. The number of para-hydroxylation sites is 1. The third-order valence-electron chi connectivity index (χ3n) is 4.05. The smallest absolute Gasteiger partial charge is 0.252 e. The fraction of sp³-hybridized carbons (Fsp3) is 0.167. The Morgan fingerprint density at radius 2 is 2.13 bits per heavy atom. The zero-order valence-electron chi connectivity index (χ0n) is 12.6. The molecule has 23 heavy (non-hydrogen) atoms.